The molecule has 0 radical (unpaired) electrons. The van der Waals surface area contributed by atoms with Crippen molar-refractivity contribution in [3.63, 3.8) is 0 Å². The van der Waals surface area contributed by atoms with E-state index in [4.69, 9.17) is 24.3 Å². The Morgan fingerprint density at radius 2 is 1.13 bits per heavy atom. The molecule has 3 N–H and O–H groups in total. The van der Waals surface area contributed by atoms with Gasteiger partial charge in [0, 0.05) is 19.4 Å². The van der Waals surface area contributed by atoms with Gasteiger partial charge in [0.1, 0.15) is 6.61 Å². The molecule has 0 bridgehead atoms. The topological polar surface area (TPSA) is 134 Å². The Balaban J connectivity index is 4.49. The van der Waals surface area contributed by atoms with Crippen LogP contribution in [0.15, 0.2) is 97.2 Å². The quantitative estimate of drug-likeness (QED) is 0.0345. The summed E-state index contributed by atoms with van der Waals surface area (Å²) in [7, 11) is -4.40. The van der Waals surface area contributed by atoms with Crippen LogP contribution in [0.5, 0.6) is 0 Å². The Kier molecular flexibility index (Phi) is 30.7. The number of phosphoric ester groups is 1. The average molecular weight is 676 g/mol. The first-order valence-electron chi connectivity index (χ1n) is 16.8. The molecule has 0 fully saturated rings. The molecule has 0 heterocycles. The van der Waals surface area contributed by atoms with Crippen LogP contribution in [-0.2, 0) is 32.7 Å². The number of hydrogen-bond donors (Lipinski definition) is 2. The largest absolute Gasteiger partial charge is 0.472 e. The van der Waals surface area contributed by atoms with Gasteiger partial charge in [-0.2, -0.15) is 0 Å². The molecular formula is C37H58NO8P. The summed E-state index contributed by atoms with van der Waals surface area (Å²) in [5.74, 6) is -0.956. The highest BCUT2D eigenvalue weighted by atomic mass is 31.2. The number of esters is 2. The second-order valence-corrected chi connectivity index (χ2v) is 11.9. The van der Waals surface area contributed by atoms with Crippen molar-refractivity contribution in [1.29, 1.82) is 0 Å². The maximum Gasteiger partial charge on any atom is 0.472 e. The number of carbonyl (C=O) groups is 2. The molecule has 0 aromatic rings. The standard InChI is InChI=1S/C37H58NO8P/c1-3-5-7-9-11-13-15-17-19-21-23-25-27-29-36(39)43-33-35(34-45-47(41,42)44-32-31-38)46-37(40)30-28-26-24-22-20-18-16-14-12-10-8-6-4-2/h5-17,19,21,23,35H,3-4,18,20,22,24-34,38H2,1-2H3,(H,41,42)/b7-5+,8-6+,11-9+,12-10+,15-13+,16-14+,19-17+,23-21+. The highest BCUT2D eigenvalue weighted by Crippen LogP contribution is 2.43. The minimum atomic E-state index is -4.40. The lowest BCUT2D eigenvalue weighted by molar-refractivity contribution is -0.161. The first kappa shape index (κ1) is 43.9. The number of allylic oxidation sites excluding steroid dienone is 16. The molecule has 0 aliphatic rings. The van der Waals surface area contributed by atoms with E-state index in [9.17, 15) is 19.0 Å². The van der Waals surface area contributed by atoms with Crippen LogP contribution < -0.4 is 5.73 Å². The summed E-state index contributed by atoms with van der Waals surface area (Å²) in [6.45, 7) is 3.28. The maximum absolute atomic E-state index is 12.5. The summed E-state index contributed by atoms with van der Waals surface area (Å²) in [6.07, 6.45) is 40.3. The van der Waals surface area contributed by atoms with Gasteiger partial charge >= 0.3 is 19.8 Å². The van der Waals surface area contributed by atoms with E-state index in [1.54, 1.807) is 0 Å². The van der Waals surface area contributed by atoms with Crippen LogP contribution in [0, 0.1) is 0 Å². The maximum atomic E-state index is 12.5. The zero-order valence-corrected chi connectivity index (χ0v) is 29.4. The zero-order valence-electron chi connectivity index (χ0n) is 28.5. The van der Waals surface area contributed by atoms with Gasteiger partial charge in [-0.1, -0.05) is 130 Å². The number of phosphoric acid groups is 1. The highest BCUT2D eigenvalue weighted by molar-refractivity contribution is 7.47. The molecule has 0 aromatic heterocycles. The molecule has 264 valence electrons. The van der Waals surface area contributed by atoms with Gasteiger partial charge in [0.15, 0.2) is 6.10 Å². The molecule has 2 unspecified atom stereocenters. The predicted molar refractivity (Wildman–Crippen MR) is 191 cm³/mol. The lowest BCUT2D eigenvalue weighted by atomic mass is 10.1. The van der Waals surface area contributed by atoms with Crippen molar-refractivity contribution < 1.29 is 37.6 Å². The number of carbonyl (C=O) groups excluding carboxylic acids is 2. The summed E-state index contributed by atoms with van der Waals surface area (Å²) in [4.78, 5) is 34.5. The second kappa shape index (κ2) is 32.9. The molecule has 0 spiro atoms. The molecule has 0 saturated carbocycles. The lowest BCUT2D eigenvalue weighted by Gasteiger charge is -2.19. The summed E-state index contributed by atoms with van der Waals surface area (Å²) in [5.41, 5.74) is 5.31. The average Bonchev–Trinajstić information content (AvgIpc) is 3.05. The van der Waals surface area contributed by atoms with E-state index in [1.165, 1.54) is 0 Å². The van der Waals surface area contributed by atoms with Crippen LogP contribution in [0.4, 0.5) is 0 Å². The first-order valence-corrected chi connectivity index (χ1v) is 18.3. The Hall–Kier alpha value is -3.07. The van der Waals surface area contributed by atoms with Crippen LogP contribution in [0.2, 0.25) is 0 Å². The summed E-state index contributed by atoms with van der Waals surface area (Å²) < 4.78 is 32.4. The minimum Gasteiger partial charge on any atom is -0.462 e. The summed E-state index contributed by atoms with van der Waals surface area (Å²) in [5, 5.41) is 0. The molecular weight excluding hydrogens is 617 g/mol. The third kappa shape index (κ3) is 32.7. The number of hydrogen-bond acceptors (Lipinski definition) is 8. The highest BCUT2D eigenvalue weighted by Gasteiger charge is 2.25. The number of rotatable bonds is 29. The van der Waals surface area contributed by atoms with E-state index in [0.29, 0.717) is 19.3 Å². The van der Waals surface area contributed by atoms with E-state index >= 15 is 0 Å². The van der Waals surface area contributed by atoms with E-state index in [0.717, 1.165) is 44.9 Å². The Bertz CT molecular complexity index is 1090. The van der Waals surface area contributed by atoms with Crippen molar-refractivity contribution in [2.75, 3.05) is 26.4 Å². The third-order valence-corrected chi connectivity index (χ3v) is 7.14. The van der Waals surface area contributed by atoms with Crippen LogP contribution >= 0.6 is 7.82 Å². The van der Waals surface area contributed by atoms with E-state index in [2.05, 4.69) is 38.2 Å². The van der Waals surface area contributed by atoms with Gasteiger partial charge in [-0.3, -0.25) is 18.6 Å². The Morgan fingerprint density at radius 3 is 1.70 bits per heavy atom. The fourth-order valence-corrected chi connectivity index (χ4v) is 4.49. The Morgan fingerprint density at radius 1 is 0.638 bits per heavy atom. The molecule has 2 atom stereocenters. The van der Waals surface area contributed by atoms with Crippen molar-refractivity contribution in [3.8, 4) is 0 Å². The molecule has 0 aliphatic heterocycles. The van der Waals surface area contributed by atoms with Crippen molar-refractivity contribution in [2.24, 2.45) is 5.73 Å². The zero-order chi connectivity index (χ0) is 34.7. The van der Waals surface area contributed by atoms with Gasteiger partial charge in [0.2, 0.25) is 0 Å². The fourth-order valence-electron chi connectivity index (χ4n) is 3.72. The van der Waals surface area contributed by atoms with Gasteiger partial charge < -0.3 is 20.1 Å². The van der Waals surface area contributed by atoms with E-state index in [1.807, 2.05) is 72.9 Å². The molecule has 0 amide bonds. The normalized spacial score (nSPS) is 14.7. The van der Waals surface area contributed by atoms with Crippen LogP contribution in [-0.4, -0.2) is 49.3 Å². The van der Waals surface area contributed by atoms with Gasteiger partial charge in [0.25, 0.3) is 0 Å². The predicted octanol–water partition coefficient (Wildman–Crippen LogP) is 8.70. The molecule has 47 heavy (non-hydrogen) atoms. The SMILES string of the molecule is CC/C=C/C=C/C=C/C=C/C=C/CCCC(=O)OCC(COP(=O)(O)OCCN)OC(=O)CCCCCCC/C=C/C=C/C=C/CC. The summed E-state index contributed by atoms with van der Waals surface area (Å²) >= 11 is 0. The monoisotopic (exact) mass is 675 g/mol. The van der Waals surface area contributed by atoms with Crippen LogP contribution in [0.1, 0.15) is 90.9 Å². The van der Waals surface area contributed by atoms with Crippen LogP contribution in [0.3, 0.4) is 0 Å². The molecule has 0 aliphatic carbocycles. The van der Waals surface area contributed by atoms with Crippen LogP contribution in [0.25, 0.3) is 0 Å². The van der Waals surface area contributed by atoms with E-state index in [-0.39, 0.29) is 32.6 Å². The smallest absolute Gasteiger partial charge is 0.462 e. The number of ether oxygens (including phenoxy) is 2. The first-order chi connectivity index (χ1) is 22.8. The number of nitrogens with two attached hydrogens (primary N) is 1. The molecule has 10 heteroatoms. The lowest BCUT2D eigenvalue weighted by Crippen LogP contribution is -2.29. The molecule has 0 saturated heterocycles. The fraction of sp³-hybridized carbons (Fsp3) is 0.514. The molecule has 0 aromatic carbocycles. The molecule has 9 nitrogen and oxygen atoms in total. The molecule has 0 rings (SSSR count). The van der Waals surface area contributed by atoms with Crippen molar-refractivity contribution >= 4 is 19.8 Å². The van der Waals surface area contributed by atoms with Gasteiger partial charge in [-0.15, -0.1) is 0 Å². The summed E-state index contributed by atoms with van der Waals surface area (Å²) in [6, 6.07) is 0. The van der Waals surface area contributed by atoms with E-state index < -0.39 is 32.5 Å². The van der Waals surface area contributed by atoms with Gasteiger partial charge in [0.05, 0.1) is 13.2 Å². The number of unbranched alkanes of at least 4 members (excludes halogenated alkanes) is 6. The minimum absolute atomic E-state index is 0.0340. The second-order valence-electron chi connectivity index (χ2n) is 10.4. The van der Waals surface area contributed by atoms with Crippen molar-refractivity contribution in [2.45, 2.75) is 97.0 Å². The van der Waals surface area contributed by atoms with Gasteiger partial charge in [-0.05, 0) is 44.9 Å². The Labute approximate surface area is 283 Å². The van der Waals surface area contributed by atoms with Crippen molar-refractivity contribution in [1.82, 2.24) is 0 Å². The van der Waals surface area contributed by atoms with Gasteiger partial charge in [-0.25, -0.2) is 4.57 Å². The van der Waals surface area contributed by atoms with Crippen molar-refractivity contribution in [3.05, 3.63) is 97.2 Å². The third-order valence-electron chi connectivity index (χ3n) is 6.15.